The first kappa shape index (κ1) is 13.5. The van der Waals surface area contributed by atoms with E-state index in [1.54, 1.807) is 12.3 Å². The van der Waals surface area contributed by atoms with E-state index in [0.29, 0.717) is 25.0 Å². The molecule has 1 aliphatic rings. The lowest BCUT2D eigenvalue weighted by Crippen LogP contribution is -2.33. The van der Waals surface area contributed by atoms with Crippen molar-refractivity contribution in [3.8, 4) is 5.88 Å². The smallest absolute Gasteiger partial charge is 0.311 e. The number of aliphatic carboxylic acids is 1. The number of carboxylic acids is 1. The lowest BCUT2D eigenvalue weighted by atomic mass is 10.0. The van der Waals surface area contributed by atoms with Gasteiger partial charge in [-0.1, -0.05) is 6.92 Å². The van der Waals surface area contributed by atoms with E-state index in [-0.39, 0.29) is 12.6 Å². The SMILES string of the molecule is CCCOc1ccnc(NC2COCC2C(=O)O)n1. The van der Waals surface area contributed by atoms with Gasteiger partial charge in [0.15, 0.2) is 0 Å². The summed E-state index contributed by atoms with van der Waals surface area (Å²) >= 11 is 0. The fourth-order valence-electron chi connectivity index (χ4n) is 1.80. The lowest BCUT2D eigenvalue weighted by Gasteiger charge is -2.15. The van der Waals surface area contributed by atoms with Gasteiger partial charge in [0, 0.05) is 12.3 Å². The summed E-state index contributed by atoms with van der Waals surface area (Å²) in [6, 6.07) is 1.35. The standard InChI is InChI=1S/C12H17N3O4/c1-2-5-19-10-3-4-13-12(15-10)14-9-7-18-6-8(9)11(16)17/h3-4,8-9H,2,5-7H2,1H3,(H,16,17)(H,13,14,15). The van der Waals surface area contributed by atoms with Gasteiger partial charge in [0.1, 0.15) is 5.92 Å². The van der Waals surface area contributed by atoms with Gasteiger partial charge in [-0.15, -0.1) is 0 Å². The maximum absolute atomic E-state index is 11.0. The van der Waals surface area contributed by atoms with Crippen LogP contribution in [0.25, 0.3) is 0 Å². The number of aromatic nitrogens is 2. The molecular weight excluding hydrogens is 250 g/mol. The van der Waals surface area contributed by atoms with Crippen molar-refractivity contribution in [2.75, 3.05) is 25.1 Å². The number of hydrogen-bond donors (Lipinski definition) is 2. The normalized spacial score (nSPS) is 22.2. The van der Waals surface area contributed by atoms with Crippen molar-refractivity contribution < 1.29 is 19.4 Å². The predicted octanol–water partition coefficient (Wildman–Crippen LogP) is 0.777. The van der Waals surface area contributed by atoms with Gasteiger partial charge < -0.3 is 19.9 Å². The largest absolute Gasteiger partial charge is 0.481 e. The monoisotopic (exact) mass is 267 g/mol. The number of nitrogens with zero attached hydrogens (tertiary/aromatic N) is 2. The summed E-state index contributed by atoms with van der Waals surface area (Å²) in [6.07, 6.45) is 2.47. The van der Waals surface area contributed by atoms with Crippen LogP contribution in [0.5, 0.6) is 5.88 Å². The Balaban J connectivity index is 2.00. The van der Waals surface area contributed by atoms with Crippen molar-refractivity contribution in [2.45, 2.75) is 19.4 Å². The third kappa shape index (κ3) is 3.54. The maximum atomic E-state index is 11.0. The fraction of sp³-hybridized carbons (Fsp3) is 0.583. The third-order valence-corrected chi connectivity index (χ3v) is 2.80. The van der Waals surface area contributed by atoms with Gasteiger partial charge >= 0.3 is 5.97 Å². The molecule has 2 N–H and O–H groups in total. The highest BCUT2D eigenvalue weighted by atomic mass is 16.5. The molecule has 0 radical (unpaired) electrons. The van der Waals surface area contributed by atoms with E-state index in [2.05, 4.69) is 15.3 Å². The van der Waals surface area contributed by atoms with Crippen molar-refractivity contribution >= 4 is 11.9 Å². The van der Waals surface area contributed by atoms with E-state index in [1.807, 2.05) is 6.92 Å². The van der Waals surface area contributed by atoms with Crippen molar-refractivity contribution in [2.24, 2.45) is 5.92 Å². The highest BCUT2D eigenvalue weighted by Crippen LogP contribution is 2.18. The molecule has 19 heavy (non-hydrogen) atoms. The molecule has 1 aromatic heterocycles. The summed E-state index contributed by atoms with van der Waals surface area (Å²) in [4.78, 5) is 19.3. The molecule has 0 saturated carbocycles. The number of carbonyl (C=O) groups is 1. The number of nitrogens with one attached hydrogen (secondary N) is 1. The first-order valence-corrected chi connectivity index (χ1v) is 6.23. The van der Waals surface area contributed by atoms with Gasteiger partial charge in [0.05, 0.1) is 25.9 Å². The second-order valence-corrected chi connectivity index (χ2v) is 4.30. The van der Waals surface area contributed by atoms with E-state index in [4.69, 9.17) is 14.6 Å². The third-order valence-electron chi connectivity index (χ3n) is 2.80. The molecule has 1 aromatic rings. The van der Waals surface area contributed by atoms with Crippen molar-refractivity contribution in [3.05, 3.63) is 12.3 Å². The molecule has 2 heterocycles. The lowest BCUT2D eigenvalue weighted by molar-refractivity contribution is -0.141. The molecule has 0 spiro atoms. The molecule has 2 rings (SSSR count). The zero-order valence-electron chi connectivity index (χ0n) is 10.7. The molecule has 104 valence electrons. The summed E-state index contributed by atoms with van der Waals surface area (Å²) in [6.45, 7) is 3.13. The van der Waals surface area contributed by atoms with Crippen LogP contribution >= 0.6 is 0 Å². The number of anilines is 1. The van der Waals surface area contributed by atoms with E-state index in [9.17, 15) is 4.79 Å². The van der Waals surface area contributed by atoms with Crippen LogP contribution in [0.15, 0.2) is 12.3 Å². The molecule has 7 nitrogen and oxygen atoms in total. The van der Waals surface area contributed by atoms with Gasteiger partial charge in [-0.25, -0.2) is 4.98 Å². The molecule has 1 saturated heterocycles. The number of hydrogen-bond acceptors (Lipinski definition) is 6. The van der Waals surface area contributed by atoms with E-state index in [1.165, 1.54) is 0 Å². The zero-order chi connectivity index (χ0) is 13.7. The number of ether oxygens (including phenoxy) is 2. The molecule has 0 aromatic carbocycles. The van der Waals surface area contributed by atoms with E-state index < -0.39 is 11.9 Å². The topological polar surface area (TPSA) is 93.6 Å². The zero-order valence-corrected chi connectivity index (χ0v) is 10.7. The van der Waals surface area contributed by atoms with Crippen LogP contribution < -0.4 is 10.1 Å². The molecule has 1 aliphatic heterocycles. The van der Waals surface area contributed by atoms with E-state index >= 15 is 0 Å². The molecule has 1 fully saturated rings. The average Bonchev–Trinajstić information content (AvgIpc) is 2.85. The summed E-state index contributed by atoms with van der Waals surface area (Å²) in [5.41, 5.74) is 0. The molecule has 0 amide bonds. The second-order valence-electron chi connectivity index (χ2n) is 4.30. The van der Waals surface area contributed by atoms with E-state index in [0.717, 1.165) is 6.42 Å². The van der Waals surface area contributed by atoms with Crippen LogP contribution in [-0.2, 0) is 9.53 Å². The molecule has 2 unspecified atom stereocenters. The van der Waals surface area contributed by atoms with Crippen LogP contribution in [0.3, 0.4) is 0 Å². The summed E-state index contributed by atoms with van der Waals surface area (Å²) in [7, 11) is 0. The van der Waals surface area contributed by atoms with Gasteiger partial charge in [-0.2, -0.15) is 4.98 Å². The molecule has 0 bridgehead atoms. The fourth-order valence-corrected chi connectivity index (χ4v) is 1.80. The van der Waals surface area contributed by atoms with Crippen molar-refractivity contribution in [3.63, 3.8) is 0 Å². The van der Waals surface area contributed by atoms with Crippen molar-refractivity contribution in [1.29, 1.82) is 0 Å². The summed E-state index contributed by atoms with van der Waals surface area (Å²) in [5.74, 6) is -0.627. The van der Waals surface area contributed by atoms with Crippen LogP contribution in [0.1, 0.15) is 13.3 Å². The average molecular weight is 267 g/mol. The Bertz CT molecular complexity index is 441. The molecular formula is C12H17N3O4. The van der Waals surface area contributed by atoms with Gasteiger partial charge in [0.25, 0.3) is 0 Å². The van der Waals surface area contributed by atoms with Gasteiger partial charge in [0.2, 0.25) is 11.8 Å². The highest BCUT2D eigenvalue weighted by molar-refractivity contribution is 5.72. The molecule has 2 atom stereocenters. The Hall–Kier alpha value is -1.89. The predicted molar refractivity (Wildman–Crippen MR) is 67.2 cm³/mol. The minimum atomic E-state index is -0.881. The second kappa shape index (κ2) is 6.33. The minimum absolute atomic E-state index is 0.207. The van der Waals surface area contributed by atoms with Crippen LogP contribution in [-0.4, -0.2) is 46.9 Å². The Kier molecular flexibility index (Phi) is 4.51. The Morgan fingerprint density at radius 3 is 3.21 bits per heavy atom. The molecule has 0 aliphatic carbocycles. The Labute approximate surface area is 111 Å². The number of carboxylic acid groups (broad SMARTS) is 1. The maximum Gasteiger partial charge on any atom is 0.311 e. The van der Waals surface area contributed by atoms with Crippen LogP contribution in [0.2, 0.25) is 0 Å². The van der Waals surface area contributed by atoms with Crippen LogP contribution in [0, 0.1) is 5.92 Å². The minimum Gasteiger partial charge on any atom is -0.481 e. The summed E-state index contributed by atoms with van der Waals surface area (Å²) in [5, 5.41) is 12.0. The first-order chi connectivity index (χ1) is 9.20. The van der Waals surface area contributed by atoms with Crippen LogP contribution in [0.4, 0.5) is 5.95 Å². The highest BCUT2D eigenvalue weighted by Gasteiger charge is 2.34. The van der Waals surface area contributed by atoms with Gasteiger partial charge in [-0.3, -0.25) is 4.79 Å². The Morgan fingerprint density at radius 2 is 2.47 bits per heavy atom. The molecule has 7 heteroatoms. The summed E-state index contributed by atoms with van der Waals surface area (Å²) < 4.78 is 10.6. The first-order valence-electron chi connectivity index (χ1n) is 6.23. The van der Waals surface area contributed by atoms with Crippen molar-refractivity contribution in [1.82, 2.24) is 9.97 Å². The number of rotatable bonds is 6. The Morgan fingerprint density at radius 1 is 1.63 bits per heavy atom. The van der Waals surface area contributed by atoms with Gasteiger partial charge in [-0.05, 0) is 6.42 Å². The quantitative estimate of drug-likeness (QED) is 0.786.